The highest BCUT2D eigenvalue weighted by Gasteiger charge is 2.16. The van der Waals surface area contributed by atoms with Crippen molar-refractivity contribution >= 4 is 50.9 Å². The fourth-order valence-corrected chi connectivity index (χ4v) is 3.36. The van der Waals surface area contributed by atoms with E-state index in [-0.39, 0.29) is 28.7 Å². The van der Waals surface area contributed by atoms with Crippen LogP contribution in [0.25, 0.3) is 0 Å². The van der Waals surface area contributed by atoms with Gasteiger partial charge in [0.1, 0.15) is 5.82 Å². The minimum Gasteiger partial charge on any atom is -0.326 e. The Morgan fingerprint density at radius 1 is 1.07 bits per heavy atom. The van der Waals surface area contributed by atoms with E-state index in [1.54, 1.807) is 6.07 Å². The van der Waals surface area contributed by atoms with E-state index in [9.17, 15) is 14.0 Å². The van der Waals surface area contributed by atoms with E-state index in [4.69, 9.17) is 0 Å². The van der Waals surface area contributed by atoms with Crippen LogP contribution in [0.3, 0.4) is 0 Å². The van der Waals surface area contributed by atoms with E-state index < -0.39 is 5.82 Å². The van der Waals surface area contributed by atoms with Gasteiger partial charge in [-0.25, -0.2) is 4.39 Å². The molecular formula is C20H22BrFN2O2S. The lowest BCUT2D eigenvalue weighted by atomic mass is 9.92. The van der Waals surface area contributed by atoms with Crippen LogP contribution >= 0.6 is 27.7 Å². The first-order valence-electron chi connectivity index (χ1n) is 8.40. The maximum absolute atomic E-state index is 13.8. The maximum atomic E-state index is 13.8. The number of amides is 2. The highest BCUT2D eigenvalue weighted by Crippen LogP contribution is 2.24. The first-order valence-corrected chi connectivity index (χ1v) is 10.2. The molecule has 0 aliphatic heterocycles. The number of halogens is 2. The zero-order valence-electron chi connectivity index (χ0n) is 15.4. The van der Waals surface area contributed by atoms with Crippen molar-refractivity contribution in [2.24, 2.45) is 5.41 Å². The Kier molecular flexibility index (Phi) is 7.44. The largest absolute Gasteiger partial charge is 0.326 e. The monoisotopic (exact) mass is 452 g/mol. The van der Waals surface area contributed by atoms with Crippen LogP contribution in [-0.2, 0) is 9.59 Å². The van der Waals surface area contributed by atoms with Gasteiger partial charge in [0, 0.05) is 21.5 Å². The van der Waals surface area contributed by atoms with Crippen molar-refractivity contribution in [1.82, 2.24) is 0 Å². The molecule has 0 fully saturated rings. The number of carbonyl (C=O) groups is 2. The van der Waals surface area contributed by atoms with Gasteiger partial charge in [0.05, 0.1) is 11.4 Å². The predicted octanol–water partition coefficient (Wildman–Crippen LogP) is 5.69. The summed E-state index contributed by atoms with van der Waals surface area (Å²) in [5.41, 5.74) is 0.747. The molecule has 0 heterocycles. The van der Waals surface area contributed by atoms with Crippen LogP contribution in [0.4, 0.5) is 15.8 Å². The Hall–Kier alpha value is -1.86. The fraction of sp³-hybridized carbons (Fsp3) is 0.300. The third-order valence-corrected chi connectivity index (χ3v) is 4.87. The van der Waals surface area contributed by atoms with Crippen LogP contribution in [0.1, 0.15) is 27.2 Å². The first-order chi connectivity index (χ1) is 12.6. The summed E-state index contributed by atoms with van der Waals surface area (Å²) in [5.74, 6) is -0.711. The molecule has 2 aromatic carbocycles. The van der Waals surface area contributed by atoms with E-state index in [1.807, 2.05) is 45.0 Å². The molecule has 2 aromatic rings. The maximum Gasteiger partial charge on any atom is 0.234 e. The SMILES string of the molecule is CC(C)(C)CC(=O)Nc1cccc(SCC(=O)Nc2ccc(Br)cc2F)c1. The standard InChI is InChI=1S/C20H22BrFN2O2S/c1-20(2,3)11-18(25)23-14-5-4-6-15(10-14)27-12-19(26)24-17-8-7-13(21)9-16(17)22/h4-10H,11-12H2,1-3H3,(H,23,25)(H,24,26). The van der Waals surface area contributed by atoms with Crippen LogP contribution in [0.5, 0.6) is 0 Å². The molecular weight excluding hydrogens is 431 g/mol. The quantitative estimate of drug-likeness (QED) is 0.553. The second kappa shape index (κ2) is 9.37. The number of rotatable bonds is 6. The molecule has 0 aromatic heterocycles. The molecule has 0 bridgehead atoms. The number of hydrogen-bond acceptors (Lipinski definition) is 3. The van der Waals surface area contributed by atoms with Crippen molar-refractivity contribution in [3.05, 3.63) is 52.8 Å². The minimum absolute atomic E-state index is 0.0480. The van der Waals surface area contributed by atoms with E-state index in [0.29, 0.717) is 16.6 Å². The zero-order valence-corrected chi connectivity index (χ0v) is 17.8. The van der Waals surface area contributed by atoms with Crippen LogP contribution in [0.15, 0.2) is 51.8 Å². The summed E-state index contributed by atoms with van der Waals surface area (Å²) >= 11 is 4.49. The molecule has 4 nitrogen and oxygen atoms in total. The van der Waals surface area contributed by atoms with Gasteiger partial charge in [-0.2, -0.15) is 0 Å². The third-order valence-electron chi connectivity index (χ3n) is 3.38. The molecule has 0 saturated carbocycles. The minimum atomic E-state index is -0.494. The van der Waals surface area contributed by atoms with E-state index in [1.165, 1.54) is 23.9 Å². The smallest absolute Gasteiger partial charge is 0.234 e. The van der Waals surface area contributed by atoms with Crippen molar-refractivity contribution in [1.29, 1.82) is 0 Å². The summed E-state index contributed by atoms with van der Waals surface area (Å²) in [4.78, 5) is 24.9. The average molecular weight is 453 g/mol. The molecule has 0 unspecified atom stereocenters. The summed E-state index contributed by atoms with van der Waals surface area (Å²) in [7, 11) is 0. The van der Waals surface area contributed by atoms with Crippen molar-refractivity contribution < 1.29 is 14.0 Å². The van der Waals surface area contributed by atoms with E-state index in [0.717, 1.165) is 4.90 Å². The number of anilines is 2. The molecule has 0 saturated heterocycles. The van der Waals surface area contributed by atoms with Gasteiger partial charge in [-0.1, -0.05) is 42.8 Å². The van der Waals surface area contributed by atoms with Crippen LogP contribution in [-0.4, -0.2) is 17.6 Å². The first kappa shape index (κ1) is 21.4. The average Bonchev–Trinajstić information content (AvgIpc) is 2.54. The molecule has 2 amide bonds. The summed E-state index contributed by atoms with van der Waals surface area (Å²) < 4.78 is 14.4. The number of nitrogens with one attached hydrogen (secondary N) is 2. The Morgan fingerprint density at radius 3 is 2.48 bits per heavy atom. The molecule has 0 atom stereocenters. The number of thioether (sulfide) groups is 1. The van der Waals surface area contributed by atoms with Gasteiger partial charge < -0.3 is 10.6 Å². The second-order valence-electron chi connectivity index (χ2n) is 7.27. The topological polar surface area (TPSA) is 58.2 Å². The Labute approximate surface area is 171 Å². The number of hydrogen-bond donors (Lipinski definition) is 2. The molecule has 0 spiro atoms. The van der Waals surface area contributed by atoms with Gasteiger partial charge in [0.25, 0.3) is 0 Å². The molecule has 2 N–H and O–H groups in total. The van der Waals surface area contributed by atoms with Gasteiger partial charge in [-0.05, 0) is 41.8 Å². The van der Waals surface area contributed by atoms with E-state index >= 15 is 0 Å². The molecule has 0 radical (unpaired) electrons. The van der Waals surface area contributed by atoms with Gasteiger partial charge in [-0.15, -0.1) is 11.8 Å². The van der Waals surface area contributed by atoms with Crippen LogP contribution in [0.2, 0.25) is 0 Å². The van der Waals surface area contributed by atoms with Crippen molar-refractivity contribution in [3.63, 3.8) is 0 Å². The van der Waals surface area contributed by atoms with Gasteiger partial charge in [-0.3, -0.25) is 9.59 Å². The molecule has 0 aliphatic carbocycles. The lowest BCUT2D eigenvalue weighted by Gasteiger charge is -2.17. The molecule has 0 aliphatic rings. The molecule has 2 rings (SSSR count). The molecule has 144 valence electrons. The highest BCUT2D eigenvalue weighted by atomic mass is 79.9. The summed E-state index contributed by atoms with van der Waals surface area (Å²) in [5, 5.41) is 5.43. The molecule has 7 heteroatoms. The molecule has 27 heavy (non-hydrogen) atoms. The van der Waals surface area contributed by atoms with Crippen molar-refractivity contribution in [3.8, 4) is 0 Å². The Morgan fingerprint density at radius 2 is 1.81 bits per heavy atom. The lowest BCUT2D eigenvalue weighted by Crippen LogP contribution is -2.19. The van der Waals surface area contributed by atoms with Crippen molar-refractivity contribution in [2.45, 2.75) is 32.1 Å². The third kappa shape index (κ3) is 7.72. The summed E-state index contributed by atoms with van der Waals surface area (Å²) in [6, 6.07) is 11.8. The lowest BCUT2D eigenvalue weighted by molar-refractivity contribution is -0.118. The Bertz CT molecular complexity index is 837. The van der Waals surface area contributed by atoms with Crippen LogP contribution < -0.4 is 10.6 Å². The summed E-state index contributed by atoms with van der Waals surface area (Å²) in [6.07, 6.45) is 0.422. The van der Waals surface area contributed by atoms with Crippen molar-refractivity contribution in [2.75, 3.05) is 16.4 Å². The normalized spacial score (nSPS) is 11.1. The zero-order chi connectivity index (χ0) is 20.0. The Balaban J connectivity index is 1.90. The fourth-order valence-electron chi connectivity index (χ4n) is 2.28. The number of benzene rings is 2. The van der Waals surface area contributed by atoms with Gasteiger partial charge >= 0.3 is 0 Å². The van der Waals surface area contributed by atoms with E-state index in [2.05, 4.69) is 26.6 Å². The van der Waals surface area contributed by atoms with Crippen LogP contribution in [0, 0.1) is 11.2 Å². The number of carbonyl (C=O) groups excluding carboxylic acids is 2. The highest BCUT2D eigenvalue weighted by molar-refractivity contribution is 9.10. The predicted molar refractivity (Wildman–Crippen MR) is 113 cm³/mol. The van der Waals surface area contributed by atoms with Gasteiger partial charge in [0.2, 0.25) is 11.8 Å². The van der Waals surface area contributed by atoms with Gasteiger partial charge in [0.15, 0.2) is 0 Å². The summed E-state index contributed by atoms with van der Waals surface area (Å²) in [6.45, 7) is 6.02. The second-order valence-corrected chi connectivity index (χ2v) is 9.24.